The normalized spacial score (nSPS) is 20.8. The van der Waals surface area contributed by atoms with Gasteiger partial charge in [0.2, 0.25) is 0 Å². The number of hydrogen-bond donors (Lipinski definition) is 2. The number of aromatic nitrogens is 3. The predicted molar refractivity (Wildman–Crippen MR) is 190 cm³/mol. The number of fused-ring (bicyclic) bond motifs is 2. The Balaban J connectivity index is 1.18. The number of nitrogens with two attached hydrogens (primary N) is 1. The van der Waals surface area contributed by atoms with Crippen molar-refractivity contribution in [2.75, 3.05) is 26.7 Å². The van der Waals surface area contributed by atoms with Gasteiger partial charge in [0.15, 0.2) is 5.82 Å². The van der Waals surface area contributed by atoms with E-state index in [0.29, 0.717) is 54.5 Å². The molecule has 2 unspecified atom stereocenters. The zero-order valence-corrected chi connectivity index (χ0v) is 28.6. The third-order valence-corrected chi connectivity index (χ3v) is 10.9. The number of aromatic carboxylic acids is 1. The van der Waals surface area contributed by atoms with Crippen LogP contribution in [0.5, 0.6) is 5.75 Å². The first-order valence-corrected chi connectivity index (χ1v) is 17.5. The Hall–Kier alpha value is -5.16. The number of ether oxygens (including phenoxy) is 1. The molecule has 3 aliphatic rings. The molecule has 1 saturated carbocycles. The van der Waals surface area contributed by atoms with Crippen LogP contribution in [0.1, 0.15) is 57.8 Å². The van der Waals surface area contributed by atoms with Crippen molar-refractivity contribution in [3.8, 4) is 17.3 Å². The zero-order chi connectivity index (χ0) is 34.8. The van der Waals surface area contributed by atoms with E-state index in [4.69, 9.17) is 15.5 Å². The predicted octanol–water partition coefficient (Wildman–Crippen LogP) is 5.35. The highest BCUT2D eigenvalue weighted by Crippen LogP contribution is 2.39. The minimum Gasteiger partial charge on any atom is -0.494 e. The van der Waals surface area contributed by atoms with Crippen LogP contribution in [0.2, 0.25) is 0 Å². The Labute approximate surface area is 290 Å². The van der Waals surface area contributed by atoms with Gasteiger partial charge in [-0.25, -0.2) is 9.78 Å². The lowest BCUT2D eigenvalue weighted by Crippen LogP contribution is -2.51. The number of carbonyl (C=O) groups is 3. The van der Waals surface area contributed by atoms with Crippen molar-refractivity contribution in [1.29, 1.82) is 0 Å². The maximum Gasteiger partial charge on any atom is 0.335 e. The summed E-state index contributed by atoms with van der Waals surface area (Å²) in [6.07, 6.45) is 2.42. The van der Waals surface area contributed by atoms with E-state index in [1.54, 1.807) is 24.1 Å². The number of benzene rings is 3. The lowest BCUT2D eigenvalue weighted by atomic mass is 9.98. The van der Waals surface area contributed by atoms with Crippen molar-refractivity contribution in [2.45, 2.75) is 51.9 Å². The highest BCUT2D eigenvalue weighted by atomic mass is 16.5. The van der Waals surface area contributed by atoms with E-state index in [2.05, 4.69) is 46.4 Å². The summed E-state index contributed by atoms with van der Waals surface area (Å²) in [5.74, 6) is 0.981. The number of nitrogens with zero attached hydrogens (tertiary/aromatic N) is 5. The molecule has 2 aliphatic heterocycles. The number of likely N-dealkylation sites (tertiary alicyclic amines) is 2. The fourth-order valence-electron chi connectivity index (χ4n) is 7.83. The second-order valence-corrected chi connectivity index (χ2v) is 14.4. The largest absolute Gasteiger partial charge is 0.494 e. The quantitative estimate of drug-likeness (QED) is 0.215. The van der Waals surface area contributed by atoms with Crippen LogP contribution in [0.15, 0.2) is 66.7 Å². The van der Waals surface area contributed by atoms with Crippen LogP contribution >= 0.6 is 0 Å². The molecule has 258 valence electrons. The number of para-hydroxylation sites is 1. The summed E-state index contributed by atoms with van der Waals surface area (Å²) in [6.45, 7) is 7.20. The van der Waals surface area contributed by atoms with Gasteiger partial charge in [-0.1, -0.05) is 31.2 Å². The summed E-state index contributed by atoms with van der Waals surface area (Å²) in [5, 5.41) is 10.6. The highest BCUT2D eigenvalue weighted by Gasteiger charge is 2.38. The molecule has 2 saturated heterocycles. The average molecular weight is 675 g/mol. The SMILES string of the molecule is COc1cc(C(=O)N2CC(C)[C@@H](N)C2C)cc2nc(-c3cc4ccccc4n3CC3CC3)n(CC3CN(C(=O)c4cccc(C(=O)O)c4)C3)c12. The number of rotatable bonds is 9. The fourth-order valence-corrected chi connectivity index (χ4v) is 7.83. The van der Waals surface area contributed by atoms with Crippen molar-refractivity contribution in [3.05, 3.63) is 83.4 Å². The van der Waals surface area contributed by atoms with E-state index < -0.39 is 5.97 Å². The standard InChI is InChI=1S/C39H42N6O5/c1-22-17-43(23(2)34(22)40)38(47)29-14-30-35(33(16-29)50-3)45(21-25-18-42(19-25)37(46)27-8-6-9-28(13-27)39(48)49)36(41-30)32-15-26-7-4-5-10-31(26)44(32)20-24-11-12-24/h4-10,13-16,22-25,34H,11-12,17-21,40H2,1-3H3,(H,48,49)/t22?,23?,34-/m1/s1. The van der Waals surface area contributed by atoms with Gasteiger partial charge >= 0.3 is 5.97 Å². The molecule has 3 fully saturated rings. The maximum atomic E-state index is 13.9. The van der Waals surface area contributed by atoms with E-state index in [1.165, 1.54) is 25.0 Å². The Morgan fingerprint density at radius 2 is 1.60 bits per heavy atom. The summed E-state index contributed by atoms with van der Waals surface area (Å²) in [4.78, 5) is 47.6. The summed E-state index contributed by atoms with van der Waals surface area (Å²) in [5.41, 5.74) is 11.0. The molecule has 3 atom stereocenters. The minimum absolute atomic E-state index is 0.0821. The molecule has 0 bridgehead atoms. The second kappa shape index (κ2) is 12.3. The van der Waals surface area contributed by atoms with E-state index in [9.17, 15) is 19.5 Å². The summed E-state index contributed by atoms with van der Waals surface area (Å²) < 4.78 is 10.6. The molecule has 8 rings (SSSR count). The van der Waals surface area contributed by atoms with Gasteiger partial charge in [0.1, 0.15) is 11.3 Å². The van der Waals surface area contributed by atoms with E-state index >= 15 is 0 Å². The van der Waals surface area contributed by atoms with Gasteiger partial charge in [0, 0.05) is 72.8 Å². The van der Waals surface area contributed by atoms with Crippen LogP contribution in [0.25, 0.3) is 33.5 Å². The van der Waals surface area contributed by atoms with Crippen LogP contribution < -0.4 is 10.5 Å². The van der Waals surface area contributed by atoms with Gasteiger partial charge in [-0.05, 0) is 74.1 Å². The molecule has 2 aromatic heterocycles. The van der Waals surface area contributed by atoms with Gasteiger partial charge in [0.25, 0.3) is 11.8 Å². The van der Waals surface area contributed by atoms with Crippen LogP contribution in [-0.4, -0.2) is 85.6 Å². The summed E-state index contributed by atoms with van der Waals surface area (Å²) in [6, 6.07) is 20.3. The van der Waals surface area contributed by atoms with Crippen molar-refractivity contribution in [3.63, 3.8) is 0 Å². The summed E-state index contributed by atoms with van der Waals surface area (Å²) in [7, 11) is 1.62. The topological polar surface area (TPSA) is 136 Å². The first kappa shape index (κ1) is 32.1. The molecular weight excluding hydrogens is 632 g/mol. The molecule has 3 N–H and O–H groups in total. The van der Waals surface area contributed by atoms with Gasteiger partial charge < -0.3 is 34.5 Å². The highest BCUT2D eigenvalue weighted by molar-refractivity contribution is 6.01. The van der Waals surface area contributed by atoms with Crippen LogP contribution in [-0.2, 0) is 13.1 Å². The third-order valence-electron chi connectivity index (χ3n) is 10.9. The zero-order valence-electron chi connectivity index (χ0n) is 28.6. The van der Waals surface area contributed by atoms with Crippen molar-refractivity contribution < 1.29 is 24.2 Å². The number of hydrogen-bond acceptors (Lipinski definition) is 6. The van der Waals surface area contributed by atoms with Crippen LogP contribution in [0, 0.1) is 17.8 Å². The number of amides is 2. The molecular formula is C39H42N6O5. The molecule has 0 spiro atoms. The Morgan fingerprint density at radius 1 is 0.860 bits per heavy atom. The third kappa shape index (κ3) is 5.49. The molecule has 11 heteroatoms. The van der Waals surface area contributed by atoms with Crippen molar-refractivity contribution in [1.82, 2.24) is 23.9 Å². The van der Waals surface area contributed by atoms with Gasteiger partial charge in [-0.3, -0.25) is 9.59 Å². The fraction of sp³-hybridized carbons (Fsp3) is 0.385. The smallest absolute Gasteiger partial charge is 0.335 e. The number of carboxylic acids is 1. The van der Waals surface area contributed by atoms with E-state index in [0.717, 1.165) is 34.5 Å². The lowest BCUT2D eigenvalue weighted by molar-refractivity contribution is 0.0471. The first-order chi connectivity index (χ1) is 24.1. The van der Waals surface area contributed by atoms with Gasteiger partial charge in [-0.2, -0.15) is 0 Å². The van der Waals surface area contributed by atoms with Gasteiger partial charge in [-0.15, -0.1) is 0 Å². The Bertz CT molecular complexity index is 2160. The first-order valence-electron chi connectivity index (χ1n) is 17.5. The minimum atomic E-state index is -1.06. The molecule has 11 nitrogen and oxygen atoms in total. The second-order valence-electron chi connectivity index (χ2n) is 14.4. The summed E-state index contributed by atoms with van der Waals surface area (Å²) >= 11 is 0. The van der Waals surface area contributed by atoms with Crippen LogP contribution in [0.3, 0.4) is 0 Å². The molecule has 0 radical (unpaired) electrons. The van der Waals surface area contributed by atoms with E-state index in [-0.39, 0.29) is 41.3 Å². The molecule has 5 aromatic rings. The van der Waals surface area contributed by atoms with E-state index in [1.807, 2.05) is 24.0 Å². The number of imidazole rings is 1. The maximum absolute atomic E-state index is 13.9. The molecule has 50 heavy (non-hydrogen) atoms. The molecule has 3 aromatic carbocycles. The average Bonchev–Trinajstić information content (AvgIpc) is 3.68. The lowest BCUT2D eigenvalue weighted by Gasteiger charge is -2.40. The van der Waals surface area contributed by atoms with Crippen LogP contribution in [0.4, 0.5) is 0 Å². The number of carbonyl (C=O) groups excluding carboxylic acids is 2. The molecule has 1 aliphatic carbocycles. The number of methoxy groups -OCH3 is 1. The number of carboxylic acid groups (broad SMARTS) is 1. The Morgan fingerprint density at radius 3 is 2.30 bits per heavy atom. The van der Waals surface area contributed by atoms with Gasteiger partial charge in [0.05, 0.1) is 23.9 Å². The van der Waals surface area contributed by atoms with Crippen molar-refractivity contribution in [2.24, 2.45) is 23.5 Å². The van der Waals surface area contributed by atoms with Crippen molar-refractivity contribution >= 4 is 39.7 Å². The Kier molecular flexibility index (Phi) is 7.90. The molecule has 2 amide bonds. The molecule has 4 heterocycles. The monoisotopic (exact) mass is 674 g/mol.